The van der Waals surface area contributed by atoms with Gasteiger partial charge in [-0.15, -0.1) is 0 Å². The lowest BCUT2D eigenvalue weighted by molar-refractivity contribution is 0.609. The van der Waals surface area contributed by atoms with Crippen molar-refractivity contribution in [2.24, 2.45) is 0 Å². The summed E-state index contributed by atoms with van der Waals surface area (Å²) in [5.74, 6) is 1.03. The van der Waals surface area contributed by atoms with E-state index in [9.17, 15) is 0 Å². The zero-order valence-electron chi connectivity index (χ0n) is 12.7. The molecular weight excluding hydrogens is 274 g/mol. The lowest BCUT2D eigenvalue weighted by Crippen LogP contribution is -1.87. The minimum Gasteiger partial charge on any atom is -0.264 e. The van der Waals surface area contributed by atoms with Crippen molar-refractivity contribution in [1.29, 1.82) is 0 Å². The molecule has 0 aliphatic rings. The molecule has 0 radical (unpaired) electrons. The highest BCUT2D eigenvalue weighted by molar-refractivity contribution is 7.80. The number of thiol groups is 1. The van der Waals surface area contributed by atoms with E-state index in [0.717, 1.165) is 5.75 Å². The highest BCUT2D eigenvalue weighted by Gasteiger charge is 1.98. The summed E-state index contributed by atoms with van der Waals surface area (Å²) < 4.78 is 0. The standard InChI is InChI=1S/C19H25NS/c21-15-6-4-2-1-3-5-8-17-10-12-18(13-11-17)19-9-7-14-20-16-19/h7,9-14,16,21H,1-6,8,15H2. The zero-order chi connectivity index (χ0) is 14.8. The second kappa shape index (κ2) is 9.62. The van der Waals surface area contributed by atoms with Crippen LogP contribution in [0.25, 0.3) is 11.1 Å². The van der Waals surface area contributed by atoms with Gasteiger partial charge in [0, 0.05) is 12.4 Å². The second-order valence-electron chi connectivity index (χ2n) is 5.53. The minimum absolute atomic E-state index is 1.03. The Morgan fingerprint density at radius 3 is 2.14 bits per heavy atom. The van der Waals surface area contributed by atoms with Crippen LogP contribution in [0.5, 0.6) is 0 Å². The molecule has 1 heterocycles. The Morgan fingerprint density at radius 2 is 1.48 bits per heavy atom. The van der Waals surface area contributed by atoms with Gasteiger partial charge in [-0.1, -0.05) is 56.0 Å². The molecule has 0 spiro atoms. The van der Waals surface area contributed by atoms with E-state index in [0.29, 0.717) is 0 Å². The van der Waals surface area contributed by atoms with Crippen molar-refractivity contribution in [1.82, 2.24) is 4.98 Å². The molecule has 0 fully saturated rings. The fraction of sp³-hybridized carbons (Fsp3) is 0.421. The van der Waals surface area contributed by atoms with E-state index in [1.807, 2.05) is 18.5 Å². The van der Waals surface area contributed by atoms with E-state index in [4.69, 9.17) is 0 Å². The molecule has 0 saturated carbocycles. The van der Waals surface area contributed by atoms with Crippen LogP contribution in [-0.2, 0) is 6.42 Å². The van der Waals surface area contributed by atoms with Crippen LogP contribution in [0.2, 0.25) is 0 Å². The molecule has 1 nitrogen and oxygen atoms in total. The van der Waals surface area contributed by atoms with Crippen LogP contribution in [0, 0.1) is 0 Å². The van der Waals surface area contributed by atoms with E-state index in [-0.39, 0.29) is 0 Å². The number of hydrogen-bond acceptors (Lipinski definition) is 2. The van der Waals surface area contributed by atoms with Gasteiger partial charge in [-0.05, 0) is 47.8 Å². The van der Waals surface area contributed by atoms with Gasteiger partial charge < -0.3 is 0 Å². The first-order valence-corrected chi connectivity index (χ1v) is 8.63. The van der Waals surface area contributed by atoms with Gasteiger partial charge in [-0.3, -0.25) is 4.98 Å². The molecule has 21 heavy (non-hydrogen) atoms. The van der Waals surface area contributed by atoms with Gasteiger partial charge in [-0.2, -0.15) is 12.6 Å². The molecule has 2 aromatic rings. The number of benzene rings is 1. The van der Waals surface area contributed by atoms with Crippen molar-refractivity contribution in [2.75, 3.05) is 5.75 Å². The van der Waals surface area contributed by atoms with Gasteiger partial charge in [0.25, 0.3) is 0 Å². The fourth-order valence-corrected chi connectivity index (χ4v) is 2.77. The quantitative estimate of drug-likeness (QED) is 0.472. The molecular formula is C19H25NS. The predicted octanol–water partition coefficient (Wildman–Crippen LogP) is 5.56. The number of hydrogen-bond donors (Lipinski definition) is 1. The Hall–Kier alpha value is -1.28. The molecule has 0 bridgehead atoms. The molecule has 0 saturated heterocycles. The van der Waals surface area contributed by atoms with Crippen molar-refractivity contribution >= 4 is 12.6 Å². The highest BCUT2D eigenvalue weighted by atomic mass is 32.1. The van der Waals surface area contributed by atoms with Crippen LogP contribution >= 0.6 is 12.6 Å². The Balaban J connectivity index is 1.71. The number of aryl methyl sites for hydroxylation is 1. The van der Waals surface area contributed by atoms with Gasteiger partial charge in [0.1, 0.15) is 0 Å². The van der Waals surface area contributed by atoms with Gasteiger partial charge in [0.15, 0.2) is 0 Å². The summed E-state index contributed by atoms with van der Waals surface area (Å²) in [6.45, 7) is 0. The summed E-state index contributed by atoms with van der Waals surface area (Å²) in [7, 11) is 0. The van der Waals surface area contributed by atoms with Crippen LogP contribution in [0.1, 0.15) is 44.1 Å². The summed E-state index contributed by atoms with van der Waals surface area (Å²) >= 11 is 4.24. The van der Waals surface area contributed by atoms with E-state index >= 15 is 0 Å². The third-order valence-corrected chi connectivity index (χ3v) is 4.14. The number of nitrogens with zero attached hydrogens (tertiary/aromatic N) is 1. The molecule has 0 N–H and O–H groups in total. The van der Waals surface area contributed by atoms with Crippen molar-refractivity contribution in [2.45, 2.75) is 44.9 Å². The largest absolute Gasteiger partial charge is 0.264 e. The topological polar surface area (TPSA) is 12.9 Å². The van der Waals surface area contributed by atoms with Gasteiger partial charge in [0.05, 0.1) is 0 Å². The van der Waals surface area contributed by atoms with E-state index in [2.05, 4.69) is 47.9 Å². The molecule has 0 aliphatic heterocycles. The van der Waals surface area contributed by atoms with Crippen LogP contribution in [-0.4, -0.2) is 10.7 Å². The number of rotatable bonds is 9. The van der Waals surface area contributed by atoms with Crippen LogP contribution < -0.4 is 0 Å². The van der Waals surface area contributed by atoms with Crippen molar-refractivity contribution < 1.29 is 0 Å². The van der Waals surface area contributed by atoms with E-state index < -0.39 is 0 Å². The molecule has 1 aromatic carbocycles. The average molecular weight is 299 g/mol. The normalized spacial score (nSPS) is 10.7. The van der Waals surface area contributed by atoms with Gasteiger partial charge in [0.2, 0.25) is 0 Å². The zero-order valence-corrected chi connectivity index (χ0v) is 13.6. The molecule has 2 heteroatoms. The van der Waals surface area contributed by atoms with E-state index in [1.54, 1.807) is 0 Å². The summed E-state index contributed by atoms with van der Waals surface area (Å²) in [6, 6.07) is 13.0. The summed E-state index contributed by atoms with van der Waals surface area (Å²) in [6.07, 6.45) is 12.9. The first kappa shape index (κ1) is 16.1. The number of pyridine rings is 1. The van der Waals surface area contributed by atoms with Crippen molar-refractivity contribution in [3.8, 4) is 11.1 Å². The van der Waals surface area contributed by atoms with Crippen molar-refractivity contribution in [3.63, 3.8) is 0 Å². The smallest absolute Gasteiger partial charge is 0.0346 e. The monoisotopic (exact) mass is 299 g/mol. The maximum absolute atomic E-state index is 4.24. The molecule has 0 aliphatic carbocycles. The third kappa shape index (κ3) is 5.92. The SMILES string of the molecule is SCCCCCCCCc1ccc(-c2cccnc2)cc1. The Kier molecular flexibility index (Phi) is 7.37. The summed E-state index contributed by atoms with van der Waals surface area (Å²) in [5.41, 5.74) is 3.88. The second-order valence-corrected chi connectivity index (χ2v) is 5.98. The van der Waals surface area contributed by atoms with Crippen LogP contribution in [0.3, 0.4) is 0 Å². The predicted molar refractivity (Wildman–Crippen MR) is 94.9 cm³/mol. The Bertz CT molecular complexity index is 493. The minimum atomic E-state index is 1.03. The Labute approximate surface area is 134 Å². The lowest BCUT2D eigenvalue weighted by atomic mass is 10.0. The maximum Gasteiger partial charge on any atom is 0.0346 e. The summed E-state index contributed by atoms with van der Waals surface area (Å²) in [4.78, 5) is 4.17. The molecule has 112 valence electrons. The van der Waals surface area contributed by atoms with Gasteiger partial charge in [-0.25, -0.2) is 0 Å². The molecule has 2 rings (SSSR count). The Morgan fingerprint density at radius 1 is 0.762 bits per heavy atom. The molecule has 0 atom stereocenters. The first-order valence-electron chi connectivity index (χ1n) is 8.00. The molecule has 0 amide bonds. The summed E-state index contributed by atoms with van der Waals surface area (Å²) in [5, 5.41) is 0. The first-order chi connectivity index (χ1) is 10.4. The maximum atomic E-state index is 4.24. The van der Waals surface area contributed by atoms with Gasteiger partial charge >= 0.3 is 0 Å². The number of aromatic nitrogens is 1. The lowest BCUT2D eigenvalue weighted by Gasteiger charge is -2.05. The fourth-order valence-electron chi connectivity index (χ4n) is 2.55. The van der Waals surface area contributed by atoms with Crippen LogP contribution in [0.15, 0.2) is 48.8 Å². The van der Waals surface area contributed by atoms with Crippen molar-refractivity contribution in [3.05, 3.63) is 54.4 Å². The number of unbranched alkanes of at least 4 members (excludes halogenated alkanes) is 5. The average Bonchev–Trinajstić information content (AvgIpc) is 2.55. The molecule has 0 unspecified atom stereocenters. The van der Waals surface area contributed by atoms with Crippen LogP contribution in [0.4, 0.5) is 0 Å². The highest BCUT2D eigenvalue weighted by Crippen LogP contribution is 2.19. The van der Waals surface area contributed by atoms with E-state index in [1.165, 1.54) is 61.6 Å². The molecule has 1 aromatic heterocycles. The third-order valence-electron chi connectivity index (χ3n) is 3.82.